The number of hydrogen-bond acceptors (Lipinski definition) is 5. The standard InChI is InChI=1S/C17H25NO5/c1-11(2)9-15(19)16(20)18-14(17(21)23-4)10-12-5-7-13(22-3)8-6-12/h5-8,11,14-15,19H,9-10H2,1-4H3,(H,18,20)/t14-,15-/m0/s1. The molecule has 0 aliphatic carbocycles. The van der Waals surface area contributed by atoms with Crippen LogP contribution >= 0.6 is 0 Å². The lowest BCUT2D eigenvalue weighted by Gasteiger charge is -2.19. The number of ether oxygens (including phenoxy) is 2. The van der Waals surface area contributed by atoms with E-state index >= 15 is 0 Å². The predicted molar refractivity (Wildman–Crippen MR) is 86.1 cm³/mol. The van der Waals surface area contributed by atoms with Crippen molar-refractivity contribution in [2.24, 2.45) is 5.92 Å². The van der Waals surface area contributed by atoms with Crippen molar-refractivity contribution in [3.8, 4) is 5.75 Å². The third kappa shape index (κ3) is 6.28. The van der Waals surface area contributed by atoms with Crippen molar-refractivity contribution in [2.45, 2.75) is 38.8 Å². The highest BCUT2D eigenvalue weighted by Crippen LogP contribution is 2.13. The van der Waals surface area contributed by atoms with E-state index in [4.69, 9.17) is 9.47 Å². The number of rotatable bonds is 8. The number of amides is 1. The summed E-state index contributed by atoms with van der Waals surface area (Å²) in [5.41, 5.74) is 0.847. The molecule has 6 heteroatoms. The largest absolute Gasteiger partial charge is 0.497 e. The lowest BCUT2D eigenvalue weighted by Crippen LogP contribution is -2.47. The third-order valence-corrected chi connectivity index (χ3v) is 3.40. The van der Waals surface area contributed by atoms with Crippen LogP contribution in [0.15, 0.2) is 24.3 Å². The molecule has 0 heterocycles. The van der Waals surface area contributed by atoms with E-state index in [1.807, 2.05) is 26.0 Å². The van der Waals surface area contributed by atoms with Crippen molar-refractivity contribution >= 4 is 11.9 Å². The summed E-state index contributed by atoms with van der Waals surface area (Å²) < 4.78 is 9.81. The predicted octanol–water partition coefficient (Wildman–Crippen LogP) is 1.30. The molecule has 6 nitrogen and oxygen atoms in total. The highest BCUT2D eigenvalue weighted by atomic mass is 16.5. The van der Waals surface area contributed by atoms with Crippen molar-refractivity contribution in [2.75, 3.05) is 14.2 Å². The molecule has 0 aromatic heterocycles. The maximum atomic E-state index is 12.0. The zero-order valence-electron chi connectivity index (χ0n) is 14.0. The molecule has 0 aliphatic heterocycles. The molecule has 0 unspecified atom stereocenters. The van der Waals surface area contributed by atoms with E-state index in [2.05, 4.69) is 5.32 Å². The fourth-order valence-electron chi connectivity index (χ4n) is 2.15. The average Bonchev–Trinajstić information content (AvgIpc) is 2.53. The fraction of sp³-hybridized carbons (Fsp3) is 0.529. The second-order valence-corrected chi connectivity index (χ2v) is 5.78. The molecule has 1 amide bonds. The Bertz CT molecular complexity index is 512. The Morgan fingerprint density at radius 2 is 1.78 bits per heavy atom. The summed E-state index contributed by atoms with van der Waals surface area (Å²) in [5, 5.41) is 12.4. The van der Waals surface area contributed by atoms with E-state index in [9.17, 15) is 14.7 Å². The summed E-state index contributed by atoms with van der Waals surface area (Å²) in [6.45, 7) is 3.82. The zero-order valence-corrected chi connectivity index (χ0v) is 14.0. The van der Waals surface area contributed by atoms with Gasteiger partial charge in [-0.25, -0.2) is 4.79 Å². The van der Waals surface area contributed by atoms with E-state index in [0.29, 0.717) is 12.2 Å². The number of aliphatic hydroxyl groups excluding tert-OH is 1. The van der Waals surface area contributed by atoms with E-state index in [1.54, 1.807) is 19.2 Å². The maximum Gasteiger partial charge on any atom is 0.328 e. The molecule has 1 aromatic rings. The summed E-state index contributed by atoms with van der Waals surface area (Å²) in [5.74, 6) is -0.234. The van der Waals surface area contributed by atoms with Crippen LogP contribution in [0.4, 0.5) is 0 Å². The van der Waals surface area contributed by atoms with Crippen molar-refractivity contribution < 1.29 is 24.2 Å². The van der Waals surface area contributed by atoms with E-state index in [1.165, 1.54) is 7.11 Å². The Balaban J connectivity index is 2.75. The Morgan fingerprint density at radius 3 is 2.26 bits per heavy atom. The Hall–Kier alpha value is -2.08. The molecule has 1 rings (SSSR count). The van der Waals surface area contributed by atoms with Gasteiger partial charge >= 0.3 is 5.97 Å². The van der Waals surface area contributed by atoms with Crippen LogP contribution in [-0.4, -0.2) is 43.3 Å². The van der Waals surface area contributed by atoms with Crippen molar-refractivity contribution in [3.63, 3.8) is 0 Å². The molecule has 0 bridgehead atoms. The number of carbonyl (C=O) groups is 2. The third-order valence-electron chi connectivity index (χ3n) is 3.40. The van der Waals surface area contributed by atoms with Gasteiger partial charge < -0.3 is 19.9 Å². The van der Waals surface area contributed by atoms with Gasteiger partial charge in [-0.15, -0.1) is 0 Å². The fourth-order valence-corrected chi connectivity index (χ4v) is 2.15. The molecule has 0 saturated carbocycles. The highest BCUT2D eigenvalue weighted by Gasteiger charge is 2.25. The summed E-state index contributed by atoms with van der Waals surface area (Å²) in [4.78, 5) is 23.9. The molecule has 0 radical (unpaired) electrons. The number of nitrogens with one attached hydrogen (secondary N) is 1. The van der Waals surface area contributed by atoms with Gasteiger partial charge in [-0.05, 0) is 30.0 Å². The lowest BCUT2D eigenvalue weighted by molar-refractivity contribution is -0.146. The van der Waals surface area contributed by atoms with Gasteiger partial charge in [-0.2, -0.15) is 0 Å². The number of aliphatic hydroxyl groups is 1. The number of esters is 1. The molecule has 0 aliphatic rings. The molecular formula is C17H25NO5. The smallest absolute Gasteiger partial charge is 0.328 e. The second kappa shape index (κ2) is 9.15. The average molecular weight is 323 g/mol. The first kappa shape index (κ1) is 19.0. The van der Waals surface area contributed by atoms with Crippen LogP contribution in [0.2, 0.25) is 0 Å². The highest BCUT2D eigenvalue weighted by molar-refractivity contribution is 5.87. The van der Waals surface area contributed by atoms with Gasteiger partial charge in [0.15, 0.2) is 0 Å². The molecule has 23 heavy (non-hydrogen) atoms. The van der Waals surface area contributed by atoms with Gasteiger partial charge in [0.1, 0.15) is 17.9 Å². The molecular weight excluding hydrogens is 298 g/mol. The number of carbonyl (C=O) groups excluding carboxylic acids is 2. The number of methoxy groups -OCH3 is 2. The molecule has 128 valence electrons. The Kier molecular flexibility index (Phi) is 7.54. The molecule has 0 fully saturated rings. The molecule has 2 N–H and O–H groups in total. The monoisotopic (exact) mass is 323 g/mol. The first-order valence-electron chi connectivity index (χ1n) is 7.56. The van der Waals surface area contributed by atoms with Gasteiger partial charge in [0.05, 0.1) is 14.2 Å². The maximum absolute atomic E-state index is 12.0. The number of hydrogen-bond donors (Lipinski definition) is 2. The SMILES string of the molecule is COC(=O)[C@H](Cc1ccc(OC)cc1)NC(=O)[C@@H](O)CC(C)C. The van der Waals surface area contributed by atoms with Crippen LogP contribution in [0.25, 0.3) is 0 Å². The van der Waals surface area contributed by atoms with Crippen LogP contribution in [0.3, 0.4) is 0 Å². The van der Waals surface area contributed by atoms with Crippen molar-refractivity contribution in [3.05, 3.63) is 29.8 Å². The van der Waals surface area contributed by atoms with Gasteiger partial charge in [0, 0.05) is 6.42 Å². The molecule has 0 saturated heterocycles. The van der Waals surface area contributed by atoms with Crippen LogP contribution in [0.5, 0.6) is 5.75 Å². The molecule has 0 spiro atoms. The topological polar surface area (TPSA) is 84.9 Å². The van der Waals surface area contributed by atoms with E-state index in [-0.39, 0.29) is 12.3 Å². The summed E-state index contributed by atoms with van der Waals surface area (Å²) in [6.07, 6.45) is -0.531. The van der Waals surface area contributed by atoms with E-state index in [0.717, 1.165) is 5.56 Å². The van der Waals surface area contributed by atoms with Crippen molar-refractivity contribution in [1.29, 1.82) is 0 Å². The molecule has 2 atom stereocenters. The van der Waals surface area contributed by atoms with Crippen LogP contribution < -0.4 is 10.1 Å². The van der Waals surface area contributed by atoms with Crippen molar-refractivity contribution in [1.82, 2.24) is 5.32 Å². The molecule has 1 aromatic carbocycles. The Labute approximate surface area is 136 Å². The van der Waals surface area contributed by atoms with Gasteiger partial charge in [0.25, 0.3) is 0 Å². The Morgan fingerprint density at radius 1 is 1.17 bits per heavy atom. The van der Waals surface area contributed by atoms with Gasteiger partial charge in [-0.1, -0.05) is 26.0 Å². The van der Waals surface area contributed by atoms with Gasteiger partial charge in [0.2, 0.25) is 5.91 Å². The summed E-state index contributed by atoms with van der Waals surface area (Å²) in [6, 6.07) is 6.33. The van der Waals surface area contributed by atoms with Gasteiger partial charge in [-0.3, -0.25) is 4.79 Å². The van der Waals surface area contributed by atoms with E-state index < -0.39 is 24.0 Å². The van der Waals surface area contributed by atoms with Crippen LogP contribution in [-0.2, 0) is 20.7 Å². The van der Waals surface area contributed by atoms with Crippen LogP contribution in [0, 0.1) is 5.92 Å². The number of benzene rings is 1. The summed E-state index contributed by atoms with van der Waals surface area (Å²) >= 11 is 0. The summed E-state index contributed by atoms with van der Waals surface area (Å²) in [7, 11) is 2.84. The minimum atomic E-state index is -1.14. The minimum absolute atomic E-state index is 0.175. The minimum Gasteiger partial charge on any atom is -0.497 e. The quantitative estimate of drug-likeness (QED) is 0.705. The lowest BCUT2D eigenvalue weighted by atomic mass is 10.0. The first-order chi connectivity index (χ1) is 10.9. The first-order valence-corrected chi connectivity index (χ1v) is 7.56. The van der Waals surface area contributed by atoms with Crippen LogP contribution in [0.1, 0.15) is 25.8 Å². The zero-order chi connectivity index (χ0) is 17.4. The normalized spacial score (nSPS) is 13.3. The second-order valence-electron chi connectivity index (χ2n) is 5.78.